The van der Waals surface area contributed by atoms with Crippen molar-refractivity contribution in [2.75, 3.05) is 27.3 Å². The van der Waals surface area contributed by atoms with Crippen LogP contribution in [0.15, 0.2) is 48.8 Å². The third-order valence-corrected chi connectivity index (χ3v) is 6.83. The van der Waals surface area contributed by atoms with E-state index in [0.717, 1.165) is 5.39 Å². The number of carbonyl (C=O) groups excluding carboxylic acids is 2. The van der Waals surface area contributed by atoms with Crippen LogP contribution in [0.3, 0.4) is 0 Å². The minimum absolute atomic E-state index is 0.223. The number of fused-ring (bicyclic) bond motifs is 2. The van der Waals surface area contributed by atoms with Gasteiger partial charge in [0.1, 0.15) is 34.8 Å². The molecule has 0 bridgehead atoms. The quantitative estimate of drug-likeness (QED) is 0.437. The van der Waals surface area contributed by atoms with E-state index in [-0.39, 0.29) is 17.5 Å². The van der Waals surface area contributed by atoms with Crippen LogP contribution in [0.2, 0.25) is 0 Å². The van der Waals surface area contributed by atoms with Crippen molar-refractivity contribution in [1.29, 1.82) is 0 Å². The molecule has 0 aliphatic carbocycles. The molecule has 188 valence electrons. The molecule has 4 aromatic rings. The Hall–Kier alpha value is -4.67. The number of likely N-dealkylation sites (tertiary alicyclic amines) is 1. The number of aromatic nitrogens is 4. The summed E-state index contributed by atoms with van der Waals surface area (Å²) in [6, 6.07) is 12.5. The highest BCUT2D eigenvalue weighted by molar-refractivity contribution is 6.00. The minimum atomic E-state index is -0.884. The van der Waals surface area contributed by atoms with Crippen LogP contribution in [-0.4, -0.2) is 69.9 Å². The van der Waals surface area contributed by atoms with E-state index in [0.29, 0.717) is 65.6 Å². The van der Waals surface area contributed by atoms with E-state index in [2.05, 4.69) is 25.5 Å². The van der Waals surface area contributed by atoms with Gasteiger partial charge in [-0.25, -0.2) is 9.97 Å². The molecule has 0 atom stereocenters. The number of rotatable bonds is 4. The summed E-state index contributed by atoms with van der Waals surface area (Å²) in [5.74, 6) is 1.65. The third-order valence-electron chi connectivity index (χ3n) is 6.83. The molecule has 4 heterocycles. The zero-order valence-corrected chi connectivity index (χ0v) is 20.3. The lowest BCUT2D eigenvalue weighted by Gasteiger charge is -2.44. The molecule has 0 unspecified atom stereocenters. The Morgan fingerprint density at radius 3 is 2.62 bits per heavy atom. The third kappa shape index (κ3) is 3.88. The van der Waals surface area contributed by atoms with Crippen LogP contribution >= 0.6 is 0 Å². The lowest BCUT2D eigenvalue weighted by Crippen LogP contribution is -2.61. The van der Waals surface area contributed by atoms with Gasteiger partial charge >= 0.3 is 0 Å². The Kier molecular flexibility index (Phi) is 5.40. The molecule has 1 fully saturated rings. The zero-order chi connectivity index (χ0) is 25.6. The van der Waals surface area contributed by atoms with E-state index < -0.39 is 5.72 Å². The maximum Gasteiger partial charge on any atom is 0.272 e. The molecule has 37 heavy (non-hydrogen) atoms. The van der Waals surface area contributed by atoms with E-state index in [4.69, 9.17) is 14.2 Å². The molecule has 6 rings (SSSR count). The normalized spacial score (nSPS) is 16.2. The van der Waals surface area contributed by atoms with Crippen LogP contribution in [0.25, 0.3) is 22.3 Å². The predicted octanol–water partition coefficient (Wildman–Crippen LogP) is 2.79. The lowest BCUT2D eigenvalue weighted by atomic mass is 9.96. The Balaban J connectivity index is 1.21. The van der Waals surface area contributed by atoms with Crippen molar-refractivity contribution >= 4 is 22.7 Å². The molecule has 2 amide bonds. The van der Waals surface area contributed by atoms with Gasteiger partial charge < -0.3 is 24.4 Å². The number of aromatic amines is 1. The van der Waals surface area contributed by atoms with Gasteiger partial charge in [0.25, 0.3) is 11.8 Å². The van der Waals surface area contributed by atoms with Crippen LogP contribution in [0, 0.1) is 0 Å². The molecule has 11 nitrogen and oxygen atoms in total. The summed E-state index contributed by atoms with van der Waals surface area (Å²) in [5, 5.41) is 10.5. The fraction of sp³-hybridized carbons (Fsp3) is 0.269. The first-order valence-corrected chi connectivity index (χ1v) is 11.8. The van der Waals surface area contributed by atoms with Crippen LogP contribution < -0.4 is 19.5 Å². The van der Waals surface area contributed by atoms with Gasteiger partial charge in [-0.1, -0.05) is 6.07 Å². The highest BCUT2D eigenvalue weighted by Gasteiger charge is 2.43. The summed E-state index contributed by atoms with van der Waals surface area (Å²) in [4.78, 5) is 36.9. The molecular formula is C26H24N6O5. The van der Waals surface area contributed by atoms with Crippen molar-refractivity contribution in [3.63, 3.8) is 0 Å². The fourth-order valence-electron chi connectivity index (χ4n) is 4.89. The number of pyridine rings is 1. The minimum Gasteiger partial charge on any atom is -0.496 e. The fourth-order valence-corrected chi connectivity index (χ4v) is 4.89. The summed E-state index contributed by atoms with van der Waals surface area (Å²) in [5.41, 5.74) is 1.08. The van der Waals surface area contributed by atoms with Crippen molar-refractivity contribution in [2.45, 2.75) is 18.6 Å². The number of methoxy groups -OCH3 is 2. The Morgan fingerprint density at radius 2 is 1.89 bits per heavy atom. The van der Waals surface area contributed by atoms with Crippen LogP contribution in [0.4, 0.5) is 0 Å². The van der Waals surface area contributed by atoms with Crippen molar-refractivity contribution in [3.8, 4) is 28.6 Å². The second kappa shape index (κ2) is 8.77. The molecular weight excluding hydrogens is 476 g/mol. The number of piperidine rings is 1. The molecule has 2 aliphatic heterocycles. The van der Waals surface area contributed by atoms with E-state index in [1.54, 1.807) is 43.4 Å². The number of H-pyrrole nitrogens is 1. The van der Waals surface area contributed by atoms with Crippen molar-refractivity contribution in [3.05, 3.63) is 60.0 Å². The van der Waals surface area contributed by atoms with Crippen LogP contribution in [-0.2, 0) is 0 Å². The van der Waals surface area contributed by atoms with Crippen molar-refractivity contribution in [2.24, 2.45) is 0 Å². The molecule has 1 saturated heterocycles. The summed E-state index contributed by atoms with van der Waals surface area (Å²) in [6.07, 6.45) is 2.34. The number of hydrogen-bond donors (Lipinski definition) is 2. The van der Waals surface area contributed by atoms with Gasteiger partial charge in [-0.3, -0.25) is 14.7 Å². The van der Waals surface area contributed by atoms with E-state index >= 15 is 0 Å². The zero-order valence-electron chi connectivity index (χ0n) is 20.3. The van der Waals surface area contributed by atoms with Gasteiger partial charge in [0.15, 0.2) is 11.5 Å². The molecule has 2 aromatic carbocycles. The number of hydrogen-bond acceptors (Lipinski definition) is 8. The topological polar surface area (TPSA) is 132 Å². The summed E-state index contributed by atoms with van der Waals surface area (Å²) >= 11 is 0. The van der Waals surface area contributed by atoms with Crippen LogP contribution in [0.5, 0.6) is 17.2 Å². The largest absolute Gasteiger partial charge is 0.496 e. The molecule has 2 N–H and O–H groups in total. The van der Waals surface area contributed by atoms with Gasteiger partial charge in [0, 0.05) is 42.9 Å². The standard InChI is InChI=1S/C26H24N6O5/c1-35-20-5-3-4-16-21(36-2)13-18(29-22(16)20)25(34)32-10-8-26(9-11-32)30-24(33)17-12-15(6-7-19(17)37-26)23-27-14-28-31-23/h3-7,12-14H,8-11H2,1-2H3,(H,30,33)(H,27,28,31). The molecule has 0 saturated carbocycles. The van der Waals surface area contributed by atoms with E-state index in [9.17, 15) is 9.59 Å². The molecule has 2 aliphatic rings. The Labute approximate surface area is 211 Å². The Bertz CT molecular complexity index is 1510. The van der Waals surface area contributed by atoms with Gasteiger partial charge in [0.05, 0.1) is 19.8 Å². The summed E-state index contributed by atoms with van der Waals surface area (Å²) in [6.45, 7) is 0.773. The number of nitrogens with zero attached hydrogens (tertiary/aromatic N) is 4. The second-order valence-corrected chi connectivity index (χ2v) is 8.94. The smallest absolute Gasteiger partial charge is 0.272 e. The number of nitrogens with one attached hydrogen (secondary N) is 2. The number of para-hydroxylation sites is 1. The molecule has 2 aromatic heterocycles. The first-order chi connectivity index (χ1) is 18.0. The molecule has 11 heteroatoms. The number of benzene rings is 2. The highest BCUT2D eigenvalue weighted by Crippen LogP contribution is 2.36. The number of carbonyl (C=O) groups is 2. The maximum absolute atomic E-state index is 13.4. The van der Waals surface area contributed by atoms with Gasteiger partial charge in [-0.2, -0.15) is 5.10 Å². The molecule has 1 spiro atoms. The monoisotopic (exact) mass is 500 g/mol. The number of amides is 2. The average Bonchev–Trinajstić information content (AvgIpc) is 3.47. The summed E-state index contributed by atoms with van der Waals surface area (Å²) < 4.78 is 17.3. The van der Waals surface area contributed by atoms with E-state index in [1.165, 1.54) is 6.33 Å². The van der Waals surface area contributed by atoms with Gasteiger partial charge in [0.2, 0.25) is 0 Å². The Morgan fingerprint density at radius 1 is 1.08 bits per heavy atom. The van der Waals surface area contributed by atoms with Crippen LogP contribution in [0.1, 0.15) is 33.7 Å². The van der Waals surface area contributed by atoms with Gasteiger partial charge in [-0.05, 0) is 30.3 Å². The van der Waals surface area contributed by atoms with Crippen molar-refractivity contribution in [1.82, 2.24) is 30.4 Å². The lowest BCUT2D eigenvalue weighted by molar-refractivity contribution is -0.0246. The average molecular weight is 501 g/mol. The summed E-state index contributed by atoms with van der Waals surface area (Å²) in [7, 11) is 3.12. The first kappa shape index (κ1) is 22.8. The number of ether oxygens (including phenoxy) is 3. The predicted molar refractivity (Wildman–Crippen MR) is 133 cm³/mol. The molecule has 0 radical (unpaired) electrons. The van der Waals surface area contributed by atoms with Gasteiger partial charge in [-0.15, -0.1) is 0 Å². The highest BCUT2D eigenvalue weighted by atomic mass is 16.5. The maximum atomic E-state index is 13.4. The SMILES string of the molecule is COc1cc(C(=O)N2CCC3(CC2)NC(=O)c2cc(-c4nc[nH]n4)ccc2O3)nc2c(OC)cccc12. The first-order valence-electron chi connectivity index (χ1n) is 11.8. The van der Waals surface area contributed by atoms with Crippen molar-refractivity contribution < 1.29 is 23.8 Å². The van der Waals surface area contributed by atoms with E-state index in [1.807, 2.05) is 18.2 Å². The second-order valence-electron chi connectivity index (χ2n) is 8.94.